The number of ether oxygens (including phenoxy) is 2. The van der Waals surface area contributed by atoms with Crippen LogP contribution in [0, 0.1) is 5.82 Å². The minimum Gasteiger partial charge on any atom is -0.497 e. The van der Waals surface area contributed by atoms with Crippen molar-refractivity contribution in [2.24, 2.45) is 10.7 Å². The van der Waals surface area contributed by atoms with Crippen molar-refractivity contribution in [2.75, 3.05) is 32.2 Å². The summed E-state index contributed by atoms with van der Waals surface area (Å²) in [6.45, 7) is 1.74. The van der Waals surface area contributed by atoms with E-state index < -0.39 is 0 Å². The van der Waals surface area contributed by atoms with Gasteiger partial charge in [0.15, 0.2) is 5.96 Å². The van der Waals surface area contributed by atoms with Crippen molar-refractivity contribution in [2.45, 2.75) is 18.3 Å². The Balaban J connectivity index is 1.77. The average molecular weight is 357 g/mol. The number of methoxy groups -OCH3 is 1. The molecule has 138 valence electrons. The molecule has 0 amide bonds. The van der Waals surface area contributed by atoms with E-state index in [1.54, 1.807) is 19.2 Å². The molecule has 0 saturated carbocycles. The third-order valence-corrected chi connectivity index (χ3v) is 4.78. The highest BCUT2D eigenvalue weighted by molar-refractivity contribution is 5.92. The van der Waals surface area contributed by atoms with Crippen molar-refractivity contribution in [1.29, 1.82) is 0 Å². The standard InChI is InChI=1S/C20H24FN3O2/c1-25-18-7-3-6-17(13-18)24-19(22)23-14-20(8-10-26-11-9-20)15-4-2-5-16(21)12-15/h2-7,12-13H,8-11,14H2,1H3,(H3,22,23,24). The number of hydrogen-bond donors (Lipinski definition) is 2. The number of halogens is 1. The fourth-order valence-electron chi connectivity index (χ4n) is 3.24. The Bertz CT molecular complexity index is 773. The Morgan fingerprint density at radius 3 is 2.73 bits per heavy atom. The lowest BCUT2D eigenvalue weighted by atomic mass is 9.74. The molecule has 0 unspecified atom stereocenters. The van der Waals surface area contributed by atoms with Gasteiger partial charge in [0.1, 0.15) is 11.6 Å². The molecule has 2 aromatic rings. The van der Waals surface area contributed by atoms with E-state index in [9.17, 15) is 4.39 Å². The summed E-state index contributed by atoms with van der Waals surface area (Å²) in [6.07, 6.45) is 1.57. The van der Waals surface area contributed by atoms with Gasteiger partial charge in [-0.3, -0.25) is 4.99 Å². The number of nitrogens with zero attached hydrogens (tertiary/aromatic N) is 1. The average Bonchev–Trinajstić information content (AvgIpc) is 2.67. The summed E-state index contributed by atoms with van der Waals surface area (Å²) in [5, 5.41) is 3.08. The van der Waals surface area contributed by atoms with E-state index in [1.807, 2.05) is 30.3 Å². The maximum Gasteiger partial charge on any atom is 0.193 e. The molecule has 1 saturated heterocycles. The van der Waals surface area contributed by atoms with Crippen LogP contribution in [-0.4, -0.2) is 32.8 Å². The lowest BCUT2D eigenvalue weighted by molar-refractivity contribution is 0.0530. The Morgan fingerprint density at radius 1 is 1.23 bits per heavy atom. The van der Waals surface area contributed by atoms with Crippen LogP contribution in [0.4, 0.5) is 10.1 Å². The van der Waals surface area contributed by atoms with E-state index in [0.717, 1.165) is 29.8 Å². The minimum atomic E-state index is -0.263. The van der Waals surface area contributed by atoms with E-state index in [2.05, 4.69) is 10.3 Å². The zero-order chi connectivity index (χ0) is 18.4. The van der Waals surface area contributed by atoms with Gasteiger partial charge in [0.05, 0.1) is 13.7 Å². The molecule has 6 heteroatoms. The maximum absolute atomic E-state index is 13.7. The van der Waals surface area contributed by atoms with Crippen LogP contribution in [-0.2, 0) is 10.2 Å². The Morgan fingerprint density at radius 2 is 2.00 bits per heavy atom. The van der Waals surface area contributed by atoms with Crippen LogP contribution in [0.3, 0.4) is 0 Å². The van der Waals surface area contributed by atoms with Crippen LogP contribution in [0.2, 0.25) is 0 Å². The van der Waals surface area contributed by atoms with Gasteiger partial charge >= 0.3 is 0 Å². The highest BCUT2D eigenvalue weighted by atomic mass is 19.1. The normalized spacial score (nSPS) is 16.9. The van der Waals surface area contributed by atoms with E-state index in [0.29, 0.717) is 25.7 Å². The third kappa shape index (κ3) is 4.32. The monoisotopic (exact) mass is 357 g/mol. The summed E-state index contributed by atoms with van der Waals surface area (Å²) in [4.78, 5) is 4.54. The molecular weight excluding hydrogens is 333 g/mol. The number of benzene rings is 2. The summed E-state index contributed by atoms with van der Waals surface area (Å²) < 4.78 is 24.4. The number of nitrogens with two attached hydrogens (primary N) is 1. The molecule has 3 rings (SSSR count). The fourth-order valence-corrected chi connectivity index (χ4v) is 3.24. The number of aliphatic imine (C=N–C) groups is 1. The first-order chi connectivity index (χ1) is 12.6. The molecule has 26 heavy (non-hydrogen) atoms. The molecule has 2 aromatic carbocycles. The summed E-state index contributed by atoms with van der Waals surface area (Å²) in [5.41, 5.74) is 7.56. The van der Waals surface area contributed by atoms with E-state index >= 15 is 0 Å². The van der Waals surface area contributed by atoms with Crippen LogP contribution in [0.1, 0.15) is 18.4 Å². The predicted molar refractivity (Wildman–Crippen MR) is 101 cm³/mol. The first-order valence-corrected chi connectivity index (χ1v) is 8.66. The SMILES string of the molecule is COc1cccc(NC(N)=NCC2(c3cccc(F)c3)CCOCC2)c1. The lowest BCUT2D eigenvalue weighted by Crippen LogP contribution is -2.38. The molecule has 0 atom stereocenters. The van der Waals surface area contributed by atoms with Crippen molar-refractivity contribution in [1.82, 2.24) is 0 Å². The second-order valence-corrected chi connectivity index (χ2v) is 6.46. The first-order valence-electron chi connectivity index (χ1n) is 8.66. The van der Waals surface area contributed by atoms with Crippen LogP contribution in [0.5, 0.6) is 5.75 Å². The molecule has 5 nitrogen and oxygen atoms in total. The van der Waals surface area contributed by atoms with Crippen LogP contribution in [0.15, 0.2) is 53.5 Å². The molecule has 0 aliphatic carbocycles. The molecule has 3 N–H and O–H groups in total. The topological polar surface area (TPSA) is 68.9 Å². The summed E-state index contributed by atoms with van der Waals surface area (Å²) in [7, 11) is 1.62. The Labute approximate surface area is 153 Å². The Hall–Kier alpha value is -2.60. The van der Waals surface area contributed by atoms with Crippen molar-refractivity contribution in [3.63, 3.8) is 0 Å². The number of nitrogens with one attached hydrogen (secondary N) is 1. The van der Waals surface area contributed by atoms with E-state index in [4.69, 9.17) is 15.2 Å². The van der Waals surface area contributed by atoms with Crippen LogP contribution >= 0.6 is 0 Å². The van der Waals surface area contributed by atoms with Crippen LogP contribution in [0.25, 0.3) is 0 Å². The first kappa shape index (κ1) is 18.2. The maximum atomic E-state index is 13.7. The third-order valence-electron chi connectivity index (χ3n) is 4.78. The zero-order valence-corrected chi connectivity index (χ0v) is 14.9. The quantitative estimate of drug-likeness (QED) is 0.636. The van der Waals surface area contributed by atoms with Crippen LogP contribution < -0.4 is 15.8 Å². The molecule has 1 aliphatic rings. The predicted octanol–water partition coefficient (Wildman–Crippen LogP) is 3.31. The van der Waals surface area contributed by atoms with Gasteiger partial charge in [-0.1, -0.05) is 18.2 Å². The Kier molecular flexibility index (Phi) is 5.73. The van der Waals surface area contributed by atoms with Crippen molar-refractivity contribution in [3.8, 4) is 5.75 Å². The summed E-state index contributed by atoms with van der Waals surface area (Å²) in [6, 6.07) is 14.2. The van der Waals surface area contributed by atoms with Gasteiger partial charge in [0.25, 0.3) is 0 Å². The van der Waals surface area contributed by atoms with Gasteiger partial charge in [-0.25, -0.2) is 4.39 Å². The number of guanidine groups is 1. The van der Waals surface area contributed by atoms with Gasteiger partial charge < -0.3 is 20.5 Å². The van der Waals surface area contributed by atoms with E-state index in [1.165, 1.54) is 6.07 Å². The van der Waals surface area contributed by atoms with E-state index in [-0.39, 0.29) is 11.2 Å². The largest absolute Gasteiger partial charge is 0.497 e. The van der Waals surface area contributed by atoms with Gasteiger partial charge in [0.2, 0.25) is 0 Å². The highest BCUT2D eigenvalue weighted by Gasteiger charge is 2.34. The van der Waals surface area contributed by atoms with Gasteiger partial charge in [0, 0.05) is 30.4 Å². The number of hydrogen-bond acceptors (Lipinski definition) is 3. The zero-order valence-electron chi connectivity index (χ0n) is 14.9. The van der Waals surface area contributed by atoms with Gasteiger partial charge in [-0.05, 0) is 42.7 Å². The molecule has 1 heterocycles. The highest BCUT2D eigenvalue weighted by Crippen LogP contribution is 2.35. The molecule has 0 radical (unpaired) electrons. The smallest absolute Gasteiger partial charge is 0.193 e. The minimum absolute atomic E-state index is 0.236. The van der Waals surface area contributed by atoms with Crippen molar-refractivity contribution < 1.29 is 13.9 Å². The second-order valence-electron chi connectivity index (χ2n) is 6.46. The second kappa shape index (κ2) is 8.19. The van der Waals surface area contributed by atoms with Gasteiger partial charge in [-0.2, -0.15) is 0 Å². The molecule has 1 aliphatic heterocycles. The molecule has 0 spiro atoms. The molecular formula is C20H24FN3O2. The van der Waals surface area contributed by atoms with Crippen molar-refractivity contribution >= 4 is 11.6 Å². The molecule has 0 aromatic heterocycles. The number of rotatable bonds is 5. The van der Waals surface area contributed by atoms with Gasteiger partial charge in [-0.15, -0.1) is 0 Å². The summed E-state index contributed by atoms with van der Waals surface area (Å²) >= 11 is 0. The molecule has 1 fully saturated rings. The number of anilines is 1. The molecule has 0 bridgehead atoms. The lowest BCUT2D eigenvalue weighted by Gasteiger charge is -2.36. The fraction of sp³-hybridized carbons (Fsp3) is 0.350. The summed E-state index contributed by atoms with van der Waals surface area (Å²) in [5.74, 6) is 0.823. The van der Waals surface area contributed by atoms with Crippen molar-refractivity contribution in [3.05, 3.63) is 59.9 Å².